The summed E-state index contributed by atoms with van der Waals surface area (Å²) in [7, 11) is 0. The van der Waals surface area contributed by atoms with Crippen LogP contribution in [0.4, 0.5) is 0 Å². The molecule has 0 fully saturated rings. The Morgan fingerprint density at radius 3 is 2.47 bits per heavy atom. The van der Waals surface area contributed by atoms with Crippen LogP contribution in [0.5, 0.6) is 0 Å². The van der Waals surface area contributed by atoms with Crippen LogP contribution < -0.4 is 5.73 Å². The zero-order valence-electron chi connectivity index (χ0n) is 10.2. The molecule has 1 aromatic rings. The number of hydrogen-bond acceptors (Lipinski definition) is 3. The maximum absolute atomic E-state index is 11.5. The SMILES string of the molecule is CC(C)COC(=O)CC(N)c1ccc(Cl)cc1. The van der Waals surface area contributed by atoms with E-state index in [1.807, 2.05) is 26.0 Å². The lowest BCUT2D eigenvalue weighted by Crippen LogP contribution is -2.18. The molecule has 1 rings (SSSR count). The molecule has 0 aliphatic carbocycles. The summed E-state index contributed by atoms with van der Waals surface area (Å²) in [5.41, 5.74) is 6.79. The van der Waals surface area contributed by atoms with Crippen molar-refractivity contribution < 1.29 is 9.53 Å². The molecule has 1 atom stereocenters. The largest absolute Gasteiger partial charge is 0.465 e. The number of hydrogen-bond donors (Lipinski definition) is 1. The highest BCUT2D eigenvalue weighted by Gasteiger charge is 2.13. The molecule has 0 heterocycles. The number of halogens is 1. The molecule has 94 valence electrons. The second-order valence-electron chi connectivity index (χ2n) is 4.44. The van der Waals surface area contributed by atoms with Gasteiger partial charge in [-0.3, -0.25) is 4.79 Å². The van der Waals surface area contributed by atoms with Crippen LogP contribution in [0.25, 0.3) is 0 Å². The third kappa shape index (κ3) is 5.20. The summed E-state index contributed by atoms with van der Waals surface area (Å²) in [6.45, 7) is 4.42. The lowest BCUT2D eigenvalue weighted by molar-refractivity contribution is -0.145. The van der Waals surface area contributed by atoms with Crippen LogP contribution in [0.1, 0.15) is 31.9 Å². The van der Waals surface area contributed by atoms with E-state index in [-0.39, 0.29) is 18.4 Å². The first-order valence-corrected chi connectivity index (χ1v) is 6.03. The zero-order chi connectivity index (χ0) is 12.8. The Labute approximate surface area is 107 Å². The molecule has 0 amide bonds. The number of carbonyl (C=O) groups is 1. The van der Waals surface area contributed by atoms with Gasteiger partial charge in [0.05, 0.1) is 13.0 Å². The van der Waals surface area contributed by atoms with Crippen LogP contribution in [-0.2, 0) is 9.53 Å². The minimum atomic E-state index is -0.341. The molecule has 0 aromatic heterocycles. The van der Waals surface area contributed by atoms with E-state index in [2.05, 4.69) is 0 Å². The van der Waals surface area contributed by atoms with E-state index < -0.39 is 0 Å². The van der Waals surface area contributed by atoms with Crippen molar-refractivity contribution in [3.8, 4) is 0 Å². The summed E-state index contributed by atoms with van der Waals surface area (Å²) in [5, 5.41) is 0.656. The number of esters is 1. The summed E-state index contributed by atoms with van der Waals surface area (Å²) in [6, 6.07) is 6.82. The van der Waals surface area contributed by atoms with Crippen LogP contribution in [-0.4, -0.2) is 12.6 Å². The first-order valence-electron chi connectivity index (χ1n) is 5.65. The molecule has 1 unspecified atom stereocenters. The highest BCUT2D eigenvalue weighted by molar-refractivity contribution is 6.30. The molecule has 2 N–H and O–H groups in total. The van der Waals surface area contributed by atoms with Crippen LogP contribution in [0.3, 0.4) is 0 Å². The van der Waals surface area contributed by atoms with Crippen molar-refractivity contribution in [2.75, 3.05) is 6.61 Å². The highest BCUT2D eigenvalue weighted by Crippen LogP contribution is 2.17. The molecule has 0 aliphatic rings. The van der Waals surface area contributed by atoms with Crippen LogP contribution in [0.2, 0.25) is 5.02 Å². The average molecular weight is 256 g/mol. The van der Waals surface area contributed by atoms with Crippen LogP contribution in [0, 0.1) is 5.92 Å². The Hall–Kier alpha value is -1.06. The van der Waals surface area contributed by atoms with Crippen molar-refractivity contribution in [2.45, 2.75) is 26.3 Å². The summed E-state index contributed by atoms with van der Waals surface area (Å²) in [4.78, 5) is 11.5. The molecule has 17 heavy (non-hydrogen) atoms. The monoisotopic (exact) mass is 255 g/mol. The molecular weight excluding hydrogens is 238 g/mol. The third-order valence-electron chi connectivity index (χ3n) is 2.26. The minimum Gasteiger partial charge on any atom is -0.465 e. The lowest BCUT2D eigenvalue weighted by Gasteiger charge is -2.12. The van der Waals surface area contributed by atoms with Crippen LogP contribution >= 0.6 is 11.6 Å². The summed E-state index contributed by atoms with van der Waals surface area (Å²) in [5.74, 6) is 0.0758. The summed E-state index contributed by atoms with van der Waals surface area (Å²) >= 11 is 5.77. The highest BCUT2D eigenvalue weighted by atomic mass is 35.5. The molecule has 0 radical (unpaired) electrons. The van der Waals surface area contributed by atoms with Gasteiger partial charge in [-0.15, -0.1) is 0 Å². The van der Waals surface area contributed by atoms with Crippen molar-refractivity contribution in [1.29, 1.82) is 0 Å². The quantitative estimate of drug-likeness (QED) is 0.823. The van der Waals surface area contributed by atoms with Crippen molar-refractivity contribution in [3.63, 3.8) is 0 Å². The predicted molar refractivity (Wildman–Crippen MR) is 68.8 cm³/mol. The molecule has 0 saturated heterocycles. The summed E-state index contributed by atoms with van der Waals surface area (Å²) < 4.78 is 5.07. The van der Waals surface area contributed by atoms with Crippen molar-refractivity contribution in [2.24, 2.45) is 11.7 Å². The first kappa shape index (κ1) is 14.0. The fourth-order valence-corrected chi connectivity index (χ4v) is 1.45. The van der Waals surface area contributed by atoms with E-state index in [0.29, 0.717) is 17.5 Å². The van der Waals surface area contributed by atoms with Crippen molar-refractivity contribution in [1.82, 2.24) is 0 Å². The minimum absolute atomic E-state index is 0.189. The Morgan fingerprint density at radius 1 is 1.35 bits per heavy atom. The molecule has 4 heteroatoms. The first-order chi connectivity index (χ1) is 7.99. The van der Waals surface area contributed by atoms with E-state index >= 15 is 0 Å². The maximum Gasteiger partial charge on any atom is 0.307 e. The molecule has 0 spiro atoms. The second kappa shape index (κ2) is 6.62. The van der Waals surface area contributed by atoms with Crippen molar-refractivity contribution in [3.05, 3.63) is 34.9 Å². The van der Waals surface area contributed by atoms with Gasteiger partial charge < -0.3 is 10.5 Å². The van der Waals surface area contributed by atoms with Gasteiger partial charge in [-0.05, 0) is 23.6 Å². The smallest absolute Gasteiger partial charge is 0.307 e. The Morgan fingerprint density at radius 2 is 1.94 bits per heavy atom. The standard InChI is InChI=1S/C13H18ClNO2/c1-9(2)8-17-13(16)7-12(15)10-3-5-11(14)6-4-10/h3-6,9,12H,7-8,15H2,1-2H3. The average Bonchev–Trinajstić information content (AvgIpc) is 2.27. The Balaban J connectivity index is 2.46. The number of benzene rings is 1. The zero-order valence-corrected chi connectivity index (χ0v) is 10.9. The number of ether oxygens (including phenoxy) is 1. The van der Waals surface area contributed by atoms with E-state index in [4.69, 9.17) is 22.1 Å². The van der Waals surface area contributed by atoms with Crippen LogP contribution in [0.15, 0.2) is 24.3 Å². The van der Waals surface area contributed by atoms with Gasteiger partial charge in [-0.1, -0.05) is 37.6 Å². The van der Waals surface area contributed by atoms with Gasteiger partial charge >= 0.3 is 5.97 Å². The Bertz CT molecular complexity index is 362. The third-order valence-corrected chi connectivity index (χ3v) is 2.51. The normalized spacial score (nSPS) is 12.5. The number of nitrogens with two attached hydrogens (primary N) is 1. The van der Waals surface area contributed by atoms with Gasteiger partial charge in [0.25, 0.3) is 0 Å². The van der Waals surface area contributed by atoms with E-state index in [9.17, 15) is 4.79 Å². The number of carbonyl (C=O) groups excluding carboxylic acids is 1. The second-order valence-corrected chi connectivity index (χ2v) is 4.88. The van der Waals surface area contributed by atoms with Gasteiger partial charge in [-0.2, -0.15) is 0 Å². The fourth-order valence-electron chi connectivity index (χ4n) is 1.33. The Kier molecular flexibility index (Phi) is 5.45. The topological polar surface area (TPSA) is 52.3 Å². The lowest BCUT2D eigenvalue weighted by atomic mass is 10.1. The van der Waals surface area contributed by atoms with Gasteiger partial charge in [0, 0.05) is 11.1 Å². The molecule has 0 aliphatic heterocycles. The summed E-state index contributed by atoms with van der Waals surface area (Å²) in [6.07, 6.45) is 0.189. The molecule has 1 aromatic carbocycles. The van der Waals surface area contributed by atoms with Gasteiger partial charge in [0.2, 0.25) is 0 Å². The van der Waals surface area contributed by atoms with Gasteiger partial charge in [-0.25, -0.2) is 0 Å². The maximum atomic E-state index is 11.5. The fraction of sp³-hybridized carbons (Fsp3) is 0.462. The van der Waals surface area contributed by atoms with Gasteiger partial charge in [0.15, 0.2) is 0 Å². The molecule has 0 saturated carbocycles. The van der Waals surface area contributed by atoms with E-state index in [1.165, 1.54) is 0 Å². The molecular formula is C13H18ClNO2. The van der Waals surface area contributed by atoms with E-state index in [1.54, 1.807) is 12.1 Å². The van der Waals surface area contributed by atoms with Gasteiger partial charge in [0.1, 0.15) is 0 Å². The predicted octanol–water partition coefficient (Wildman–Crippen LogP) is 2.93. The van der Waals surface area contributed by atoms with E-state index in [0.717, 1.165) is 5.56 Å². The van der Waals surface area contributed by atoms with Crippen molar-refractivity contribution >= 4 is 17.6 Å². The molecule has 0 bridgehead atoms. The number of rotatable bonds is 5. The molecule has 3 nitrogen and oxygen atoms in total.